The van der Waals surface area contributed by atoms with Gasteiger partial charge in [0.1, 0.15) is 16.5 Å². The van der Waals surface area contributed by atoms with E-state index >= 15 is 0 Å². The van der Waals surface area contributed by atoms with Crippen LogP contribution in [-0.2, 0) is 16.4 Å². The van der Waals surface area contributed by atoms with Crippen molar-refractivity contribution in [3.63, 3.8) is 0 Å². The maximum atomic E-state index is 13.7. The molecule has 1 aliphatic heterocycles. The minimum atomic E-state index is -4.00. The summed E-state index contributed by atoms with van der Waals surface area (Å²) < 4.78 is 48.1. The largest absolute Gasteiger partial charge is 0.495 e. The number of methoxy groups -OCH3 is 1. The summed E-state index contributed by atoms with van der Waals surface area (Å²) in [5.74, 6) is -0.772. The number of nitrogens with zero attached hydrogens (tertiary/aromatic N) is 2. The molecule has 2 heterocycles. The molecule has 0 atom stereocenters. The number of carbonyl (C=O) groups excluding carboxylic acids is 1. The fourth-order valence-electron chi connectivity index (χ4n) is 4.01. The molecule has 1 amide bonds. The molecule has 0 aliphatic carbocycles. The maximum Gasteiger partial charge on any atom is 0.268 e. The van der Waals surface area contributed by atoms with Gasteiger partial charge in [-0.25, -0.2) is 17.8 Å². The van der Waals surface area contributed by atoms with E-state index < -0.39 is 21.7 Å². The smallest absolute Gasteiger partial charge is 0.268 e. The van der Waals surface area contributed by atoms with E-state index in [0.29, 0.717) is 28.9 Å². The average molecular weight is 498 g/mol. The lowest BCUT2D eigenvalue weighted by atomic mass is 10.0. The maximum absolute atomic E-state index is 13.7. The molecule has 7 nitrogen and oxygen atoms in total. The van der Waals surface area contributed by atoms with E-state index in [4.69, 9.17) is 4.74 Å². The summed E-state index contributed by atoms with van der Waals surface area (Å²) in [5.41, 5.74) is 2.28. The summed E-state index contributed by atoms with van der Waals surface area (Å²) in [6.07, 6.45) is 1.49. The molecule has 0 saturated heterocycles. The van der Waals surface area contributed by atoms with Crippen molar-refractivity contribution in [1.82, 2.24) is 4.98 Å². The molecule has 174 valence electrons. The monoisotopic (exact) mass is 497 g/mol. The topological polar surface area (TPSA) is 88.6 Å². The highest BCUT2D eigenvalue weighted by Crippen LogP contribution is 2.35. The molecular weight excluding hydrogens is 477 g/mol. The number of thiazole rings is 1. The Balaban J connectivity index is 1.49. The molecule has 3 aromatic carbocycles. The van der Waals surface area contributed by atoms with Crippen LogP contribution in [0.15, 0.2) is 65.6 Å². The van der Waals surface area contributed by atoms with Crippen LogP contribution < -0.4 is 14.4 Å². The number of halogens is 1. The van der Waals surface area contributed by atoms with Crippen LogP contribution in [0, 0.1) is 5.82 Å². The van der Waals surface area contributed by atoms with Gasteiger partial charge in [-0.1, -0.05) is 29.5 Å². The first-order valence-corrected chi connectivity index (χ1v) is 12.8. The van der Waals surface area contributed by atoms with Crippen LogP contribution in [-0.4, -0.2) is 33.0 Å². The molecule has 0 spiro atoms. The summed E-state index contributed by atoms with van der Waals surface area (Å²) in [7, 11) is -2.61. The Morgan fingerprint density at radius 2 is 1.97 bits per heavy atom. The van der Waals surface area contributed by atoms with E-state index in [1.807, 2.05) is 12.1 Å². The van der Waals surface area contributed by atoms with Crippen LogP contribution >= 0.6 is 11.3 Å². The number of ether oxygens (including phenoxy) is 1. The molecule has 0 bridgehead atoms. The first kappa shape index (κ1) is 22.3. The van der Waals surface area contributed by atoms with Gasteiger partial charge in [0.25, 0.3) is 15.9 Å². The van der Waals surface area contributed by atoms with Gasteiger partial charge in [-0.3, -0.25) is 14.4 Å². The van der Waals surface area contributed by atoms with Crippen molar-refractivity contribution < 1.29 is 22.3 Å². The normalized spacial score (nSPS) is 13.5. The fourth-order valence-corrected chi connectivity index (χ4v) is 6.62. The standard InChI is InChI=1S/C24H20FN3O4S2/c1-32-20-11-8-16(23(29)27-24-26-18-10-9-17(25)14-21(18)33-24)13-22(20)34(30,31)28-12-4-6-15-5-2-3-7-19(15)28/h2-3,5,7-11,13-14H,4,6,12H2,1H3,(H,26,27,29). The van der Waals surface area contributed by atoms with Gasteiger partial charge in [-0.2, -0.15) is 0 Å². The van der Waals surface area contributed by atoms with Crippen molar-refractivity contribution in [3.05, 3.63) is 77.6 Å². The lowest BCUT2D eigenvalue weighted by Gasteiger charge is -2.31. The van der Waals surface area contributed by atoms with Crippen LogP contribution in [0.4, 0.5) is 15.2 Å². The van der Waals surface area contributed by atoms with Crippen molar-refractivity contribution >= 4 is 48.3 Å². The number of carbonyl (C=O) groups is 1. The summed E-state index contributed by atoms with van der Waals surface area (Å²) >= 11 is 1.13. The summed E-state index contributed by atoms with van der Waals surface area (Å²) in [4.78, 5) is 17.1. The van der Waals surface area contributed by atoms with Crippen molar-refractivity contribution in [2.75, 3.05) is 23.3 Å². The van der Waals surface area contributed by atoms with Gasteiger partial charge in [-0.15, -0.1) is 0 Å². The third kappa shape index (κ3) is 3.99. The molecule has 5 rings (SSSR count). The van der Waals surface area contributed by atoms with Gasteiger partial charge in [-0.05, 0) is 60.9 Å². The van der Waals surface area contributed by atoms with Crippen LogP contribution in [0.1, 0.15) is 22.3 Å². The number of hydrogen-bond acceptors (Lipinski definition) is 6. The van der Waals surface area contributed by atoms with Crippen LogP contribution in [0.5, 0.6) is 5.75 Å². The zero-order valence-corrected chi connectivity index (χ0v) is 19.7. The highest BCUT2D eigenvalue weighted by atomic mass is 32.2. The first-order chi connectivity index (χ1) is 16.4. The molecule has 4 aromatic rings. The van der Waals surface area contributed by atoms with E-state index in [9.17, 15) is 17.6 Å². The number of aromatic nitrogens is 1. The number of nitrogens with one attached hydrogen (secondary N) is 1. The Labute approximate surface area is 199 Å². The molecule has 34 heavy (non-hydrogen) atoms. The average Bonchev–Trinajstić information content (AvgIpc) is 3.24. The molecule has 0 radical (unpaired) electrons. The van der Waals surface area contributed by atoms with E-state index in [1.54, 1.807) is 12.1 Å². The number of benzene rings is 3. The zero-order valence-electron chi connectivity index (χ0n) is 18.1. The van der Waals surface area contributed by atoms with Gasteiger partial charge in [0.15, 0.2) is 5.13 Å². The van der Waals surface area contributed by atoms with Crippen LogP contribution in [0.3, 0.4) is 0 Å². The Kier molecular flexibility index (Phi) is 5.70. The number of aryl methyl sites for hydroxylation is 1. The zero-order chi connectivity index (χ0) is 23.9. The Bertz CT molecular complexity index is 1520. The van der Waals surface area contributed by atoms with Crippen molar-refractivity contribution in [1.29, 1.82) is 0 Å². The summed E-state index contributed by atoms with van der Waals surface area (Å²) in [6, 6.07) is 15.8. The summed E-state index contributed by atoms with van der Waals surface area (Å²) in [6.45, 7) is 0.335. The Morgan fingerprint density at radius 1 is 1.15 bits per heavy atom. The van der Waals surface area contributed by atoms with Gasteiger partial charge in [0.2, 0.25) is 0 Å². The van der Waals surface area contributed by atoms with E-state index in [-0.39, 0.29) is 21.3 Å². The first-order valence-electron chi connectivity index (χ1n) is 10.5. The minimum absolute atomic E-state index is 0.0919. The highest BCUT2D eigenvalue weighted by molar-refractivity contribution is 7.93. The van der Waals surface area contributed by atoms with Gasteiger partial charge >= 0.3 is 0 Å². The number of anilines is 2. The second kappa shape index (κ2) is 8.69. The van der Waals surface area contributed by atoms with Crippen LogP contribution in [0.2, 0.25) is 0 Å². The van der Waals surface area contributed by atoms with Crippen molar-refractivity contribution in [3.8, 4) is 5.75 Å². The second-order valence-electron chi connectivity index (χ2n) is 7.76. The van der Waals surface area contributed by atoms with E-state index in [1.165, 1.54) is 47.8 Å². The lowest BCUT2D eigenvalue weighted by Crippen LogP contribution is -2.35. The molecule has 0 fully saturated rings. The van der Waals surface area contributed by atoms with Gasteiger partial charge < -0.3 is 4.74 Å². The van der Waals surface area contributed by atoms with E-state index in [2.05, 4.69) is 10.3 Å². The third-order valence-electron chi connectivity index (χ3n) is 5.63. The molecule has 0 saturated carbocycles. The molecule has 1 N–H and O–H groups in total. The van der Waals surface area contributed by atoms with Crippen LogP contribution in [0.25, 0.3) is 10.2 Å². The Hall–Kier alpha value is -3.50. The number of rotatable bonds is 5. The van der Waals surface area contributed by atoms with Crippen molar-refractivity contribution in [2.24, 2.45) is 0 Å². The number of hydrogen-bond donors (Lipinski definition) is 1. The highest BCUT2D eigenvalue weighted by Gasteiger charge is 2.32. The molecule has 10 heteroatoms. The second-order valence-corrected chi connectivity index (χ2v) is 10.6. The van der Waals surface area contributed by atoms with Crippen molar-refractivity contribution in [2.45, 2.75) is 17.7 Å². The number of amides is 1. The predicted octanol–water partition coefficient (Wildman–Crippen LogP) is 4.84. The lowest BCUT2D eigenvalue weighted by molar-refractivity contribution is 0.102. The SMILES string of the molecule is COc1ccc(C(=O)Nc2nc3ccc(F)cc3s2)cc1S(=O)(=O)N1CCCc2ccccc21. The fraction of sp³-hybridized carbons (Fsp3) is 0.167. The molecule has 0 unspecified atom stereocenters. The number of fused-ring (bicyclic) bond motifs is 2. The molecular formula is C24H20FN3O4S2. The summed E-state index contributed by atoms with van der Waals surface area (Å²) in [5, 5.41) is 2.96. The quantitative estimate of drug-likeness (QED) is 0.426. The molecule has 1 aromatic heterocycles. The third-order valence-corrected chi connectivity index (χ3v) is 8.40. The molecule has 1 aliphatic rings. The number of para-hydroxylation sites is 1. The minimum Gasteiger partial charge on any atom is -0.495 e. The van der Waals surface area contributed by atoms with E-state index in [0.717, 1.165) is 23.3 Å². The van der Waals surface area contributed by atoms with Gasteiger partial charge in [0.05, 0.1) is 23.0 Å². The predicted molar refractivity (Wildman–Crippen MR) is 130 cm³/mol. The van der Waals surface area contributed by atoms with Gasteiger partial charge in [0, 0.05) is 12.1 Å². The number of sulfonamides is 1. The Morgan fingerprint density at radius 3 is 2.79 bits per heavy atom.